The van der Waals surface area contributed by atoms with E-state index in [4.69, 9.17) is 4.74 Å². The van der Waals surface area contributed by atoms with E-state index >= 15 is 0 Å². The van der Waals surface area contributed by atoms with Crippen LogP contribution >= 0.6 is 0 Å². The zero-order valence-corrected chi connectivity index (χ0v) is 12.9. The minimum absolute atomic E-state index is 0.792. The Bertz CT molecular complexity index is 718. The van der Waals surface area contributed by atoms with E-state index < -0.39 is 0 Å². The topological polar surface area (TPSA) is 17.4 Å². The molecule has 1 aromatic carbocycles. The van der Waals surface area contributed by atoms with E-state index in [1.165, 1.54) is 33.3 Å². The number of hydrogen-bond acceptors (Lipinski definition) is 2. The van der Waals surface area contributed by atoms with Crippen LogP contribution in [-0.4, -0.2) is 36.3 Å². The Balaban J connectivity index is 1.94. The molecule has 1 fully saturated rings. The van der Waals surface area contributed by atoms with Gasteiger partial charge in [0.2, 0.25) is 0 Å². The monoisotopic (exact) mass is 282 g/mol. The predicted octanol–water partition coefficient (Wildman–Crippen LogP) is 3.20. The number of benzene rings is 1. The highest BCUT2D eigenvalue weighted by atomic mass is 16.5. The van der Waals surface area contributed by atoms with Gasteiger partial charge in [0, 0.05) is 36.8 Å². The first-order chi connectivity index (χ1) is 10.2. The Kier molecular flexibility index (Phi) is 3.12. The van der Waals surface area contributed by atoms with Gasteiger partial charge in [0.05, 0.1) is 18.7 Å². The minimum Gasteiger partial charge on any atom is -0.377 e. The molecule has 0 amide bonds. The van der Waals surface area contributed by atoms with Gasteiger partial charge in [-0.2, -0.15) is 0 Å². The zero-order chi connectivity index (χ0) is 14.4. The molecule has 110 valence electrons. The van der Waals surface area contributed by atoms with Gasteiger partial charge in [-0.1, -0.05) is 11.6 Å². The van der Waals surface area contributed by atoms with Crippen molar-refractivity contribution in [3.63, 3.8) is 0 Å². The molecule has 3 nitrogen and oxygen atoms in total. The van der Waals surface area contributed by atoms with Gasteiger partial charge in [-0.15, -0.1) is 0 Å². The highest BCUT2D eigenvalue weighted by Crippen LogP contribution is 2.32. The van der Waals surface area contributed by atoms with E-state index in [0.717, 1.165) is 39.1 Å². The van der Waals surface area contributed by atoms with E-state index in [-0.39, 0.29) is 0 Å². The molecule has 2 aliphatic rings. The highest BCUT2D eigenvalue weighted by Gasteiger charge is 2.22. The zero-order valence-electron chi connectivity index (χ0n) is 12.9. The maximum atomic E-state index is 5.51. The summed E-state index contributed by atoms with van der Waals surface area (Å²) in [5.41, 5.74) is 7.10. The standard InChI is InChI=1S/C18H22N2O/c1-13-3-4-17-15(9-13)16-11-19(2)7-5-18(16)20(17)10-14-6-8-21-12-14/h3-4,9-10H,5-8,11-12H2,1-2H3. The summed E-state index contributed by atoms with van der Waals surface area (Å²) >= 11 is 0. The molecule has 0 N–H and O–H groups in total. The third kappa shape index (κ3) is 2.21. The highest BCUT2D eigenvalue weighted by molar-refractivity contribution is 5.88. The second-order valence-corrected chi connectivity index (χ2v) is 6.39. The van der Waals surface area contributed by atoms with Crippen molar-refractivity contribution in [1.82, 2.24) is 9.47 Å². The maximum absolute atomic E-state index is 5.51. The molecule has 21 heavy (non-hydrogen) atoms. The third-order valence-corrected chi connectivity index (χ3v) is 4.70. The van der Waals surface area contributed by atoms with Crippen LogP contribution in [0, 0.1) is 6.92 Å². The van der Waals surface area contributed by atoms with Gasteiger partial charge in [-0.25, -0.2) is 0 Å². The first-order valence-electron chi connectivity index (χ1n) is 7.80. The normalized spacial score (nSPS) is 21.3. The van der Waals surface area contributed by atoms with E-state index in [9.17, 15) is 0 Å². The van der Waals surface area contributed by atoms with Crippen molar-refractivity contribution in [2.24, 2.45) is 0 Å². The second kappa shape index (κ2) is 5.00. The number of fused-ring (bicyclic) bond motifs is 3. The molecule has 1 saturated heterocycles. The lowest BCUT2D eigenvalue weighted by Gasteiger charge is -2.23. The summed E-state index contributed by atoms with van der Waals surface area (Å²) in [5, 5.41) is 1.42. The van der Waals surface area contributed by atoms with Crippen molar-refractivity contribution < 1.29 is 4.74 Å². The molecule has 1 aromatic heterocycles. The fourth-order valence-electron chi connectivity index (χ4n) is 3.55. The fraction of sp³-hybridized carbons (Fsp3) is 0.444. The van der Waals surface area contributed by atoms with Crippen LogP contribution in [0.2, 0.25) is 0 Å². The number of nitrogens with zero attached hydrogens (tertiary/aromatic N) is 2. The fourth-order valence-corrected chi connectivity index (χ4v) is 3.55. The number of rotatable bonds is 1. The molecule has 2 aromatic rings. The summed E-state index contributed by atoms with van der Waals surface area (Å²) in [6, 6.07) is 6.83. The lowest BCUT2D eigenvalue weighted by molar-refractivity contribution is 0.205. The van der Waals surface area contributed by atoms with E-state index in [1.54, 1.807) is 0 Å². The Morgan fingerprint density at radius 1 is 1.24 bits per heavy atom. The molecule has 0 radical (unpaired) electrons. The Morgan fingerprint density at radius 2 is 2.14 bits per heavy atom. The van der Waals surface area contributed by atoms with Crippen LogP contribution in [0.4, 0.5) is 0 Å². The third-order valence-electron chi connectivity index (χ3n) is 4.70. The smallest absolute Gasteiger partial charge is 0.0694 e. The van der Waals surface area contributed by atoms with Crippen molar-refractivity contribution >= 4 is 17.1 Å². The number of aromatic nitrogens is 1. The van der Waals surface area contributed by atoms with Crippen molar-refractivity contribution in [3.8, 4) is 0 Å². The van der Waals surface area contributed by atoms with Gasteiger partial charge in [-0.05, 0) is 43.7 Å². The quantitative estimate of drug-likeness (QED) is 0.799. The lowest BCUT2D eigenvalue weighted by Crippen LogP contribution is -2.26. The molecule has 3 heteroatoms. The van der Waals surface area contributed by atoms with Crippen LogP contribution in [0.25, 0.3) is 17.1 Å². The summed E-state index contributed by atoms with van der Waals surface area (Å²) in [7, 11) is 2.21. The molecule has 0 saturated carbocycles. The van der Waals surface area contributed by atoms with Crippen LogP contribution in [0.3, 0.4) is 0 Å². The number of aryl methyl sites for hydroxylation is 1. The molecule has 0 bridgehead atoms. The van der Waals surface area contributed by atoms with Gasteiger partial charge in [0.15, 0.2) is 0 Å². The van der Waals surface area contributed by atoms with Gasteiger partial charge < -0.3 is 14.2 Å². The first-order valence-corrected chi connectivity index (χ1v) is 7.80. The van der Waals surface area contributed by atoms with E-state index in [1.807, 2.05) is 0 Å². The molecule has 2 aliphatic heterocycles. The maximum Gasteiger partial charge on any atom is 0.0694 e. The predicted molar refractivity (Wildman–Crippen MR) is 86.4 cm³/mol. The molecule has 0 aliphatic carbocycles. The summed E-state index contributed by atoms with van der Waals surface area (Å²) in [4.78, 5) is 2.42. The average Bonchev–Trinajstić information content (AvgIpc) is 3.07. The molecule has 4 rings (SSSR count). The Morgan fingerprint density at radius 3 is 2.95 bits per heavy atom. The summed E-state index contributed by atoms with van der Waals surface area (Å²) in [6.07, 6.45) is 4.53. The van der Waals surface area contributed by atoms with Crippen molar-refractivity contribution in [2.45, 2.75) is 26.3 Å². The number of ether oxygens (including phenoxy) is 1. The van der Waals surface area contributed by atoms with Crippen LogP contribution in [-0.2, 0) is 17.7 Å². The molecule has 0 atom stereocenters. The second-order valence-electron chi connectivity index (χ2n) is 6.39. The van der Waals surface area contributed by atoms with E-state index in [2.05, 4.69) is 47.8 Å². The van der Waals surface area contributed by atoms with Crippen molar-refractivity contribution in [3.05, 3.63) is 40.6 Å². The first kappa shape index (κ1) is 13.1. The molecule has 0 spiro atoms. The van der Waals surface area contributed by atoms with Crippen LogP contribution < -0.4 is 0 Å². The lowest BCUT2D eigenvalue weighted by atomic mass is 10.0. The van der Waals surface area contributed by atoms with Crippen LogP contribution in [0.15, 0.2) is 23.8 Å². The molecular formula is C18H22N2O. The summed E-state index contributed by atoms with van der Waals surface area (Å²) < 4.78 is 7.94. The number of likely N-dealkylation sites (N-methyl/N-ethyl adjacent to an activating group) is 1. The average molecular weight is 282 g/mol. The van der Waals surface area contributed by atoms with Crippen molar-refractivity contribution in [2.75, 3.05) is 26.8 Å². The van der Waals surface area contributed by atoms with Gasteiger partial charge >= 0.3 is 0 Å². The Labute approximate surface area is 125 Å². The van der Waals surface area contributed by atoms with E-state index in [0.29, 0.717) is 0 Å². The van der Waals surface area contributed by atoms with Crippen LogP contribution in [0.1, 0.15) is 23.2 Å². The van der Waals surface area contributed by atoms with Gasteiger partial charge in [0.1, 0.15) is 0 Å². The minimum atomic E-state index is 0.792. The SMILES string of the molecule is Cc1ccc2c(c1)c1c(n2C=C2CCOC2)CCN(C)C1. The Hall–Kier alpha value is -1.58. The van der Waals surface area contributed by atoms with Crippen molar-refractivity contribution in [1.29, 1.82) is 0 Å². The van der Waals surface area contributed by atoms with Crippen LogP contribution in [0.5, 0.6) is 0 Å². The number of hydrogen-bond donors (Lipinski definition) is 0. The largest absolute Gasteiger partial charge is 0.377 e. The molecular weight excluding hydrogens is 260 g/mol. The van der Waals surface area contributed by atoms with Gasteiger partial charge in [0.25, 0.3) is 0 Å². The van der Waals surface area contributed by atoms with Gasteiger partial charge in [-0.3, -0.25) is 0 Å². The molecule has 0 unspecified atom stereocenters. The molecule has 3 heterocycles. The summed E-state index contributed by atoms with van der Waals surface area (Å²) in [5.74, 6) is 0. The summed E-state index contributed by atoms with van der Waals surface area (Å²) in [6.45, 7) is 6.04.